The molecule has 0 bridgehead atoms. The van der Waals surface area contributed by atoms with Crippen molar-refractivity contribution >= 4 is 34.8 Å². The highest BCUT2D eigenvalue weighted by Gasteiger charge is 2.19. The number of nitrogens with zero attached hydrogens (tertiary/aromatic N) is 2. The molecule has 0 radical (unpaired) electrons. The Morgan fingerprint density at radius 3 is 2.23 bits per heavy atom. The number of nitrogens with one attached hydrogen (secondary N) is 1. The number of anilines is 2. The minimum absolute atomic E-state index is 0.00975. The maximum Gasteiger partial charge on any atom is 0.219 e. The smallest absolute Gasteiger partial charge is 0.219 e. The number of thioether (sulfide) groups is 1. The lowest BCUT2D eigenvalue weighted by Gasteiger charge is -2.36. The SMILES string of the molecule is CS/C(=C\C(=O)c1ccc(C)cc1)Nc1ccc(N2CCN(C(C)=O)CC2)cc1C. The molecule has 5 nitrogen and oxygen atoms in total. The van der Waals surface area contributed by atoms with Crippen molar-refractivity contribution in [3.05, 3.63) is 70.3 Å². The molecule has 1 saturated heterocycles. The van der Waals surface area contributed by atoms with Crippen molar-refractivity contribution in [2.75, 3.05) is 42.7 Å². The molecule has 0 saturated carbocycles. The van der Waals surface area contributed by atoms with Gasteiger partial charge in [-0.3, -0.25) is 9.59 Å². The second kappa shape index (κ2) is 9.85. The van der Waals surface area contributed by atoms with E-state index in [9.17, 15) is 9.59 Å². The van der Waals surface area contributed by atoms with Gasteiger partial charge in [-0.15, -0.1) is 11.8 Å². The van der Waals surface area contributed by atoms with Gasteiger partial charge >= 0.3 is 0 Å². The van der Waals surface area contributed by atoms with Gasteiger partial charge < -0.3 is 15.1 Å². The number of allylic oxidation sites excluding steroid dienone is 1. The first-order valence-corrected chi connectivity index (χ1v) is 11.3. The van der Waals surface area contributed by atoms with Gasteiger partial charge in [-0.05, 0) is 43.9 Å². The first-order chi connectivity index (χ1) is 14.4. The van der Waals surface area contributed by atoms with Gasteiger partial charge in [-0.25, -0.2) is 0 Å². The highest BCUT2D eigenvalue weighted by molar-refractivity contribution is 8.02. The fraction of sp³-hybridized carbons (Fsp3) is 0.333. The molecule has 0 unspecified atom stereocenters. The van der Waals surface area contributed by atoms with E-state index in [2.05, 4.69) is 35.3 Å². The Balaban J connectivity index is 1.69. The second-order valence-electron chi connectivity index (χ2n) is 7.56. The fourth-order valence-corrected chi connectivity index (χ4v) is 3.90. The third-order valence-electron chi connectivity index (χ3n) is 5.38. The van der Waals surface area contributed by atoms with Gasteiger partial charge in [0, 0.05) is 56.1 Å². The molecule has 1 amide bonds. The molecule has 0 spiro atoms. The Morgan fingerprint density at radius 2 is 1.67 bits per heavy atom. The number of carbonyl (C=O) groups is 2. The molecule has 1 fully saturated rings. The average molecular weight is 424 g/mol. The van der Waals surface area contributed by atoms with Crippen LogP contribution in [0.15, 0.2) is 53.6 Å². The molecule has 1 aliphatic heterocycles. The zero-order valence-corrected chi connectivity index (χ0v) is 18.9. The van der Waals surface area contributed by atoms with Crippen LogP contribution < -0.4 is 10.2 Å². The number of hydrogen-bond acceptors (Lipinski definition) is 5. The van der Waals surface area contributed by atoms with Crippen LogP contribution in [0.5, 0.6) is 0 Å². The first-order valence-electron chi connectivity index (χ1n) is 10.1. The van der Waals surface area contributed by atoms with Crippen LogP contribution in [0.4, 0.5) is 11.4 Å². The number of hydrogen-bond donors (Lipinski definition) is 1. The summed E-state index contributed by atoms with van der Waals surface area (Å²) in [5.74, 6) is 0.131. The zero-order chi connectivity index (χ0) is 21.7. The van der Waals surface area contributed by atoms with Gasteiger partial charge in [0.1, 0.15) is 0 Å². The van der Waals surface area contributed by atoms with E-state index in [4.69, 9.17) is 0 Å². The van der Waals surface area contributed by atoms with Crippen molar-refractivity contribution in [3.63, 3.8) is 0 Å². The maximum absolute atomic E-state index is 12.6. The quantitative estimate of drug-likeness (QED) is 0.549. The lowest BCUT2D eigenvalue weighted by atomic mass is 10.1. The van der Waals surface area contributed by atoms with Crippen LogP contribution in [-0.2, 0) is 4.79 Å². The van der Waals surface area contributed by atoms with Crippen molar-refractivity contribution in [2.45, 2.75) is 20.8 Å². The summed E-state index contributed by atoms with van der Waals surface area (Å²) in [4.78, 5) is 28.3. The van der Waals surface area contributed by atoms with E-state index < -0.39 is 0 Å². The molecule has 30 heavy (non-hydrogen) atoms. The summed E-state index contributed by atoms with van der Waals surface area (Å²) >= 11 is 1.52. The number of amides is 1. The molecule has 2 aromatic carbocycles. The molecular formula is C24H29N3O2S. The van der Waals surface area contributed by atoms with E-state index in [-0.39, 0.29) is 11.7 Å². The van der Waals surface area contributed by atoms with E-state index in [1.54, 1.807) is 13.0 Å². The predicted molar refractivity (Wildman–Crippen MR) is 126 cm³/mol. The topological polar surface area (TPSA) is 52.7 Å². The summed E-state index contributed by atoms with van der Waals surface area (Å²) in [6.07, 6.45) is 3.61. The van der Waals surface area contributed by atoms with Crippen molar-refractivity contribution in [1.29, 1.82) is 0 Å². The Hall–Kier alpha value is -2.73. The van der Waals surface area contributed by atoms with Gasteiger partial charge in [-0.2, -0.15) is 0 Å². The number of rotatable bonds is 6. The van der Waals surface area contributed by atoms with Gasteiger partial charge in [0.25, 0.3) is 0 Å². The van der Waals surface area contributed by atoms with Crippen LogP contribution in [0.2, 0.25) is 0 Å². The molecule has 3 rings (SSSR count). The van der Waals surface area contributed by atoms with Gasteiger partial charge in [-0.1, -0.05) is 29.8 Å². The van der Waals surface area contributed by atoms with Gasteiger partial charge in [0.15, 0.2) is 5.78 Å². The van der Waals surface area contributed by atoms with Crippen molar-refractivity contribution in [3.8, 4) is 0 Å². The Labute approximate surface area is 183 Å². The van der Waals surface area contributed by atoms with Crippen LogP contribution in [0.25, 0.3) is 0 Å². The molecule has 1 N–H and O–H groups in total. The largest absolute Gasteiger partial charge is 0.368 e. The molecule has 2 aromatic rings. The number of carbonyl (C=O) groups excluding carboxylic acids is 2. The van der Waals surface area contributed by atoms with Crippen molar-refractivity contribution in [2.24, 2.45) is 0 Å². The summed E-state index contributed by atoms with van der Waals surface area (Å²) in [5, 5.41) is 4.20. The molecule has 1 aliphatic rings. The highest BCUT2D eigenvalue weighted by Crippen LogP contribution is 2.26. The lowest BCUT2D eigenvalue weighted by Crippen LogP contribution is -2.48. The highest BCUT2D eigenvalue weighted by atomic mass is 32.2. The summed E-state index contributed by atoms with van der Waals surface area (Å²) in [6, 6.07) is 13.9. The number of benzene rings is 2. The van der Waals surface area contributed by atoms with Crippen LogP contribution in [0, 0.1) is 13.8 Å². The van der Waals surface area contributed by atoms with Crippen LogP contribution in [0.3, 0.4) is 0 Å². The minimum atomic E-state index is -0.00975. The monoisotopic (exact) mass is 423 g/mol. The van der Waals surface area contributed by atoms with Crippen LogP contribution in [-0.4, -0.2) is 49.0 Å². The third kappa shape index (κ3) is 5.45. The predicted octanol–water partition coefficient (Wildman–Crippen LogP) is 4.47. The summed E-state index contributed by atoms with van der Waals surface area (Å²) in [7, 11) is 0. The first kappa shape index (κ1) is 22.0. The second-order valence-corrected chi connectivity index (χ2v) is 8.41. The molecule has 6 heteroatoms. The number of aryl methyl sites for hydroxylation is 2. The van der Waals surface area contributed by atoms with Crippen LogP contribution >= 0.6 is 11.8 Å². The Kier molecular flexibility index (Phi) is 7.21. The van der Waals surface area contributed by atoms with Crippen LogP contribution in [0.1, 0.15) is 28.4 Å². The normalized spacial score (nSPS) is 14.6. The van der Waals surface area contributed by atoms with E-state index in [0.29, 0.717) is 5.56 Å². The number of ketones is 1. The van der Waals surface area contributed by atoms with Crippen molar-refractivity contribution < 1.29 is 9.59 Å². The summed E-state index contributed by atoms with van der Waals surface area (Å²) in [5.41, 5.74) is 5.08. The minimum Gasteiger partial charge on any atom is -0.368 e. The summed E-state index contributed by atoms with van der Waals surface area (Å²) in [6.45, 7) is 8.90. The van der Waals surface area contributed by atoms with E-state index in [1.807, 2.05) is 42.3 Å². The summed E-state index contributed by atoms with van der Waals surface area (Å²) < 4.78 is 0. The molecular weight excluding hydrogens is 394 g/mol. The molecule has 0 atom stereocenters. The standard InChI is InChI=1S/C24H29N3O2S/c1-17-5-7-20(8-6-17)23(29)16-24(30-4)25-22-10-9-21(15-18(22)2)27-13-11-26(12-14-27)19(3)28/h5-10,15-16,25H,11-14H2,1-4H3/b24-16-. The molecule has 0 aromatic heterocycles. The molecule has 0 aliphatic carbocycles. The van der Waals surface area contributed by atoms with Crippen molar-refractivity contribution in [1.82, 2.24) is 4.90 Å². The van der Waals surface area contributed by atoms with E-state index >= 15 is 0 Å². The van der Waals surface area contributed by atoms with Gasteiger partial charge in [0.05, 0.1) is 5.03 Å². The Bertz CT molecular complexity index is 945. The van der Waals surface area contributed by atoms with E-state index in [0.717, 1.165) is 53.7 Å². The molecule has 1 heterocycles. The van der Waals surface area contributed by atoms with E-state index in [1.165, 1.54) is 11.8 Å². The Morgan fingerprint density at radius 1 is 1.00 bits per heavy atom. The average Bonchev–Trinajstić information content (AvgIpc) is 2.75. The fourth-order valence-electron chi connectivity index (χ4n) is 3.46. The number of piperazine rings is 1. The maximum atomic E-state index is 12.6. The zero-order valence-electron chi connectivity index (χ0n) is 18.1. The molecule has 158 valence electrons. The lowest BCUT2D eigenvalue weighted by molar-refractivity contribution is -0.129. The third-order valence-corrected chi connectivity index (χ3v) is 6.04. The van der Waals surface area contributed by atoms with Gasteiger partial charge in [0.2, 0.25) is 5.91 Å².